The standard InChI is InChI=1S/C18H28N2/c1-2-4-11-17(10-3-1)19-13-15-20-14-7-9-16-8-5-6-12-18(16)20/h5-6,8,12,17,19H,1-4,7,9-11,13-15H2. The van der Waals surface area contributed by atoms with Gasteiger partial charge in [-0.3, -0.25) is 0 Å². The molecule has 3 rings (SSSR count). The minimum atomic E-state index is 0.775. The van der Waals surface area contributed by atoms with Gasteiger partial charge in [0.1, 0.15) is 0 Å². The van der Waals surface area contributed by atoms with E-state index < -0.39 is 0 Å². The second-order valence-electron chi connectivity index (χ2n) is 6.36. The third-order valence-corrected chi connectivity index (χ3v) is 4.88. The molecule has 1 fully saturated rings. The first-order valence-corrected chi connectivity index (χ1v) is 8.50. The molecule has 1 heterocycles. The molecule has 1 saturated carbocycles. The van der Waals surface area contributed by atoms with Crippen molar-refractivity contribution < 1.29 is 0 Å². The van der Waals surface area contributed by atoms with Crippen LogP contribution in [0.5, 0.6) is 0 Å². The van der Waals surface area contributed by atoms with E-state index in [1.807, 2.05) is 0 Å². The molecular weight excluding hydrogens is 244 g/mol. The van der Waals surface area contributed by atoms with Gasteiger partial charge in [0.15, 0.2) is 0 Å². The molecule has 0 spiro atoms. The molecule has 1 aromatic carbocycles. The lowest BCUT2D eigenvalue weighted by Gasteiger charge is -2.32. The molecule has 2 nitrogen and oxygen atoms in total. The SMILES string of the molecule is c1ccc2c(c1)CCCN2CCNC1CCCCCC1. The Morgan fingerprint density at radius 3 is 2.65 bits per heavy atom. The maximum absolute atomic E-state index is 3.80. The van der Waals surface area contributed by atoms with Crippen LogP contribution < -0.4 is 10.2 Å². The first-order chi connectivity index (χ1) is 9.93. The average Bonchev–Trinajstić information content (AvgIpc) is 2.76. The monoisotopic (exact) mass is 272 g/mol. The molecule has 20 heavy (non-hydrogen) atoms. The zero-order chi connectivity index (χ0) is 13.6. The first-order valence-electron chi connectivity index (χ1n) is 8.50. The Balaban J connectivity index is 1.49. The summed E-state index contributed by atoms with van der Waals surface area (Å²) in [5.41, 5.74) is 3.01. The Morgan fingerprint density at radius 1 is 1.00 bits per heavy atom. The molecule has 0 aromatic heterocycles. The highest BCUT2D eigenvalue weighted by Crippen LogP contribution is 2.26. The van der Waals surface area contributed by atoms with Crippen LogP contribution in [-0.4, -0.2) is 25.7 Å². The van der Waals surface area contributed by atoms with Crippen molar-refractivity contribution in [3.8, 4) is 0 Å². The van der Waals surface area contributed by atoms with Gasteiger partial charge in [0.25, 0.3) is 0 Å². The van der Waals surface area contributed by atoms with Gasteiger partial charge >= 0.3 is 0 Å². The topological polar surface area (TPSA) is 15.3 Å². The summed E-state index contributed by atoms with van der Waals surface area (Å²) < 4.78 is 0. The van der Waals surface area contributed by atoms with E-state index in [0.717, 1.165) is 19.1 Å². The van der Waals surface area contributed by atoms with Crippen LogP contribution in [0, 0.1) is 0 Å². The van der Waals surface area contributed by atoms with Gasteiger partial charge in [0.05, 0.1) is 0 Å². The summed E-state index contributed by atoms with van der Waals surface area (Å²) in [6, 6.07) is 9.71. The molecule has 1 aromatic rings. The minimum absolute atomic E-state index is 0.775. The van der Waals surface area contributed by atoms with Gasteiger partial charge in [-0.2, -0.15) is 0 Å². The second-order valence-corrected chi connectivity index (χ2v) is 6.36. The zero-order valence-electron chi connectivity index (χ0n) is 12.6. The number of benzene rings is 1. The predicted molar refractivity (Wildman–Crippen MR) is 86.5 cm³/mol. The van der Waals surface area contributed by atoms with Crippen molar-refractivity contribution in [2.24, 2.45) is 0 Å². The van der Waals surface area contributed by atoms with E-state index in [1.165, 1.54) is 69.2 Å². The number of aryl methyl sites for hydroxylation is 1. The summed E-state index contributed by atoms with van der Waals surface area (Å²) in [5, 5.41) is 3.80. The van der Waals surface area contributed by atoms with Crippen LogP contribution >= 0.6 is 0 Å². The maximum Gasteiger partial charge on any atom is 0.0399 e. The van der Waals surface area contributed by atoms with Crippen molar-refractivity contribution in [1.29, 1.82) is 0 Å². The molecule has 0 unspecified atom stereocenters. The number of anilines is 1. The van der Waals surface area contributed by atoms with Gasteiger partial charge in [-0.25, -0.2) is 0 Å². The quantitative estimate of drug-likeness (QED) is 0.840. The number of fused-ring (bicyclic) bond motifs is 1. The van der Waals surface area contributed by atoms with Crippen LogP contribution in [0.4, 0.5) is 5.69 Å². The average molecular weight is 272 g/mol. The molecule has 0 amide bonds. The summed E-state index contributed by atoms with van der Waals surface area (Å²) in [6.07, 6.45) is 11.1. The van der Waals surface area contributed by atoms with Gasteiger partial charge in [0.2, 0.25) is 0 Å². The molecule has 2 aliphatic rings. The highest BCUT2D eigenvalue weighted by molar-refractivity contribution is 5.55. The Kier molecular flexibility index (Phi) is 4.96. The molecule has 1 aliphatic heterocycles. The van der Waals surface area contributed by atoms with Gasteiger partial charge < -0.3 is 10.2 Å². The van der Waals surface area contributed by atoms with Crippen molar-refractivity contribution in [2.75, 3.05) is 24.5 Å². The Hall–Kier alpha value is -1.02. The molecule has 0 atom stereocenters. The number of hydrogen-bond donors (Lipinski definition) is 1. The Labute approximate surface area is 123 Å². The lowest BCUT2D eigenvalue weighted by molar-refractivity contribution is 0.460. The zero-order valence-corrected chi connectivity index (χ0v) is 12.6. The summed E-state index contributed by atoms with van der Waals surface area (Å²) in [7, 11) is 0. The van der Waals surface area contributed by atoms with Crippen molar-refractivity contribution in [1.82, 2.24) is 5.32 Å². The number of para-hydroxylation sites is 1. The van der Waals surface area contributed by atoms with Crippen molar-refractivity contribution in [3.63, 3.8) is 0 Å². The maximum atomic E-state index is 3.80. The van der Waals surface area contributed by atoms with E-state index in [9.17, 15) is 0 Å². The van der Waals surface area contributed by atoms with E-state index in [0.29, 0.717) is 0 Å². The lowest BCUT2D eigenvalue weighted by Crippen LogP contribution is -2.39. The molecule has 1 N–H and O–H groups in total. The van der Waals surface area contributed by atoms with E-state index in [2.05, 4.69) is 34.5 Å². The van der Waals surface area contributed by atoms with E-state index in [4.69, 9.17) is 0 Å². The smallest absolute Gasteiger partial charge is 0.0399 e. The van der Waals surface area contributed by atoms with E-state index in [1.54, 1.807) is 0 Å². The van der Waals surface area contributed by atoms with Crippen molar-refractivity contribution >= 4 is 5.69 Å². The molecule has 0 bridgehead atoms. The Bertz CT molecular complexity index is 408. The number of hydrogen-bond acceptors (Lipinski definition) is 2. The van der Waals surface area contributed by atoms with Gasteiger partial charge in [-0.05, 0) is 37.3 Å². The van der Waals surface area contributed by atoms with Crippen molar-refractivity contribution in [3.05, 3.63) is 29.8 Å². The van der Waals surface area contributed by atoms with Crippen LogP contribution in [0.2, 0.25) is 0 Å². The fourth-order valence-electron chi connectivity index (χ4n) is 3.73. The number of nitrogens with one attached hydrogen (secondary N) is 1. The molecule has 2 heteroatoms. The normalized spacial score (nSPS) is 20.5. The fourth-order valence-corrected chi connectivity index (χ4v) is 3.73. The molecule has 110 valence electrons. The van der Waals surface area contributed by atoms with E-state index >= 15 is 0 Å². The summed E-state index contributed by atoms with van der Waals surface area (Å²) in [5.74, 6) is 0. The third-order valence-electron chi connectivity index (χ3n) is 4.88. The van der Waals surface area contributed by atoms with Crippen LogP contribution in [0.15, 0.2) is 24.3 Å². The molecule has 1 aliphatic carbocycles. The van der Waals surface area contributed by atoms with Crippen LogP contribution in [0.1, 0.15) is 50.5 Å². The predicted octanol–water partition coefficient (Wildman–Crippen LogP) is 3.75. The summed E-state index contributed by atoms with van der Waals surface area (Å²) >= 11 is 0. The van der Waals surface area contributed by atoms with E-state index in [-0.39, 0.29) is 0 Å². The highest BCUT2D eigenvalue weighted by Gasteiger charge is 2.16. The summed E-state index contributed by atoms with van der Waals surface area (Å²) in [4.78, 5) is 2.57. The van der Waals surface area contributed by atoms with Gasteiger partial charge in [0, 0.05) is 31.4 Å². The van der Waals surface area contributed by atoms with Crippen LogP contribution in [0.3, 0.4) is 0 Å². The third kappa shape index (κ3) is 3.54. The van der Waals surface area contributed by atoms with Gasteiger partial charge in [-0.1, -0.05) is 43.9 Å². The molecule has 0 saturated heterocycles. The lowest BCUT2D eigenvalue weighted by atomic mass is 10.0. The van der Waals surface area contributed by atoms with Gasteiger partial charge in [-0.15, -0.1) is 0 Å². The Morgan fingerprint density at radius 2 is 1.80 bits per heavy atom. The number of nitrogens with zero attached hydrogens (tertiary/aromatic N) is 1. The molecular formula is C18H28N2. The highest BCUT2D eigenvalue weighted by atomic mass is 15.2. The second kappa shape index (κ2) is 7.12. The minimum Gasteiger partial charge on any atom is -0.370 e. The van der Waals surface area contributed by atoms with Crippen LogP contribution in [-0.2, 0) is 6.42 Å². The fraction of sp³-hybridized carbons (Fsp3) is 0.667. The molecule has 0 radical (unpaired) electrons. The first kappa shape index (κ1) is 13.9. The number of rotatable bonds is 4. The van der Waals surface area contributed by atoms with Crippen LogP contribution in [0.25, 0.3) is 0 Å². The van der Waals surface area contributed by atoms with Crippen molar-refractivity contribution in [2.45, 2.75) is 57.4 Å². The summed E-state index contributed by atoms with van der Waals surface area (Å²) in [6.45, 7) is 3.52. The largest absolute Gasteiger partial charge is 0.370 e.